The highest BCUT2D eigenvalue weighted by atomic mass is 31.2. The van der Waals surface area contributed by atoms with E-state index in [2.05, 4.69) is 41.5 Å². The van der Waals surface area contributed by atoms with Gasteiger partial charge in [0.25, 0.3) is 0 Å². The van der Waals surface area contributed by atoms with Gasteiger partial charge in [-0.15, -0.1) is 0 Å². The smallest absolute Gasteiger partial charge is 0.462 e. The Morgan fingerprint density at radius 2 is 0.505 bits per heavy atom. The van der Waals surface area contributed by atoms with Crippen molar-refractivity contribution in [3.05, 3.63) is 0 Å². The molecule has 6 atom stereocenters. The van der Waals surface area contributed by atoms with Gasteiger partial charge in [0, 0.05) is 25.7 Å². The van der Waals surface area contributed by atoms with Gasteiger partial charge in [-0.25, -0.2) is 9.13 Å². The lowest BCUT2D eigenvalue weighted by atomic mass is 9.99. The average molecular weight is 1480 g/mol. The standard InChI is InChI=1S/C82H160O17P2/c1-7-10-12-14-16-18-19-20-21-25-32-37-42-48-54-60-66-81(86)98-77(70-92-79(84)64-58-52-46-17-15-13-11-8-2)72-96-100(88,89)94-68-76(83)69-95-101(90,91)97-73-78(71-93-80(85)65-59-53-47-41-36-31-28-27-30-35-40-45-51-57-63-75(6)9-3)99-82(87)67-61-55-49-43-38-33-26-23-22-24-29-34-39-44-50-56-62-74(4)5/h74-78,83H,7-73H2,1-6H3,(H,88,89)(H,90,91)/t75?,76-,77+,78+/m0/s1. The number of hydrogen-bond donors (Lipinski definition) is 3. The van der Waals surface area contributed by atoms with Gasteiger partial charge in [-0.1, -0.05) is 382 Å². The lowest BCUT2D eigenvalue weighted by Gasteiger charge is -2.21. The maximum Gasteiger partial charge on any atom is 0.472 e. The zero-order valence-corrected chi connectivity index (χ0v) is 68.0. The largest absolute Gasteiger partial charge is 0.472 e. The van der Waals surface area contributed by atoms with Crippen LogP contribution in [-0.4, -0.2) is 96.7 Å². The molecule has 0 amide bonds. The highest BCUT2D eigenvalue weighted by Gasteiger charge is 2.30. The Balaban J connectivity index is 5.20. The Morgan fingerprint density at radius 3 is 0.752 bits per heavy atom. The molecular weight excluding hydrogens is 1320 g/mol. The Hall–Kier alpha value is -1.94. The Morgan fingerprint density at radius 1 is 0.287 bits per heavy atom. The number of esters is 4. The number of rotatable bonds is 81. The monoisotopic (exact) mass is 1480 g/mol. The summed E-state index contributed by atoms with van der Waals surface area (Å²) < 4.78 is 68.7. The summed E-state index contributed by atoms with van der Waals surface area (Å²) in [5.74, 6) is -0.449. The number of phosphoric acid groups is 2. The molecule has 0 aromatic rings. The van der Waals surface area contributed by atoms with Crippen molar-refractivity contribution >= 4 is 39.5 Å². The van der Waals surface area contributed by atoms with Gasteiger partial charge < -0.3 is 33.8 Å². The third-order valence-electron chi connectivity index (χ3n) is 19.6. The summed E-state index contributed by atoms with van der Waals surface area (Å²) in [5.41, 5.74) is 0. The van der Waals surface area contributed by atoms with E-state index in [4.69, 9.17) is 37.0 Å². The van der Waals surface area contributed by atoms with Gasteiger partial charge >= 0.3 is 39.5 Å². The first-order valence-corrected chi connectivity index (χ1v) is 45.5. The molecule has 0 aliphatic heterocycles. The third-order valence-corrected chi connectivity index (χ3v) is 21.5. The Kier molecular flexibility index (Phi) is 72.2. The summed E-state index contributed by atoms with van der Waals surface area (Å²) in [6, 6.07) is 0. The number of carbonyl (C=O) groups excluding carboxylic acids is 4. The van der Waals surface area contributed by atoms with Crippen LogP contribution in [0.4, 0.5) is 0 Å². The lowest BCUT2D eigenvalue weighted by molar-refractivity contribution is -0.161. The highest BCUT2D eigenvalue weighted by Crippen LogP contribution is 2.45. The molecule has 19 heteroatoms. The van der Waals surface area contributed by atoms with Crippen molar-refractivity contribution < 1.29 is 80.2 Å². The zero-order chi connectivity index (χ0) is 74.2. The maximum absolute atomic E-state index is 13.1. The average Bonchev–Trinajstić information content (AvgIpc) is 0.929. The molecule has 0 radical (unpaired) electrons. The van der Waals surface area contributed by atoms with E-state index in [0.717, 1.165) is 108 Å². The van der Waals surface area contributed by atoms with Gasteiger partial charge in [-0.3, -0.25) is 37.3 Å². The predicted octanol–water partition coefficient (Wildman–Crippen LogP) is 24.7. The van der Waals surface area contributed by atoms with E-state index in [1.807, 2.05) is 0 Å². The van der Waals surface area contributed by atoms with Crippen molar-refractivity contribution in [2.24, 2.45) is 11.8 Å². The summed E-state index contributed by atoms with van der Waals surface area (Å²) in [5, 5.41) is 10.6. The molecule has 0 bridgehead atoms. The van der Waals surface area contributed by atoms with E-state index in [1.54, 1.807) is 0 Å². The molecular formula is C82H160O17P2. The first-order valence-electron chi connectivity index (χ1n) is 42.5. The van der Waals surface area contributed by atoms with E-state index in [1.165, 1.54) is 244 Å². The summed E-state index contributed by atoms with van der Waals surface area (Å²) in [4.78, 5) is 73.0. The van der Waals surface area contributed by atoms with Gasteiger partial charge in [0.05, 0.1) is 26.4 Å². The second kappa shape index (κ2) is 73.6. The number of phosphoric ester groups is 2. The fourth-order valence-corrected chi connectivity index (χ4v) is 14.3. The number of carbonyl (C=O) groups is 4. The van der Waals surface area contributed by atoms with Crippen molar-refractivity contribution in [1.29, 1.82) is 0 Å². The normalized spacial score (nSPS) is 14.2. The number of aliphatic hydroxyl groups is 1. The molecule has 3 unspecified atom stereocenters. The molecule has 0 spiro atoms. The van der Waals surface area contributed by atoms with Crippen LogP contribution >= 0.6 is 15.6 Å². The summed E-state index contributed by atoms with van der Waals surface area (Å²) >= 11 is 0. The second-order valence-electron chi connectivity index (χ2n) is 30.2. The second-order valence-corrected chi connectivity index (χ2v) is 33.1. The van der Waals surface area contributed by atoms with Gasteiger partial charge in [0.15, 0.2) is 12.2 Å². The zero-order valence-electron chi connectivity index (χ0n) is 66.2. The van der Waals surface area contributed by atoms with Gasteiger partial charge in [-0.2, -0.15) is 0 Å². The molecule has 17 nitrogen and oxygen atoms in total. The molecule has 0 rings (SSSR count). The van der Waals surface area contributed by atoms with Gasteiger partial charge in [-0.05, 0) is 37.5 Å². The minimum Gasteiger partial charge on any atom is -0.462 e. The fraction of sp³-hybridized carbons (Fsp3) is 0.951. The van der Waals surface area contributed by atoms with Crippen molar-refractivity contribution in [3.63, 3.8) is 0 Å². The summed E-state index contributed by atoms with van der Waals surface area (Å²) in [6.07, 6.45) is 63.8. The van der Waals surface area contributed by atoms with E-state index >= 15 is 0 Å². The first kappa shape index (κ1) is 99.1. The van der Waals surface area contributed by atoms with Crippen molar-refractivity contribution in [2.45, 2.75) is 452 Å². The SMILES string of the molecule is CCCCCCCCCCCCCCCCCCC(=O)O[C@H](COC(=O)CCCCCCCCCC)COP(=O)(O)OC[C@H](O)COP(=O)(O)OC[C@@H](COC(=O)CCCCCCCCCCCCCCCCC(C)CC)OC(=O)CCCCCCCCCCCCCCCCCCC(C)C. The molecule has 600 valence electrons. The summed E-state index contributed by atoms with van der Waals surface area (Å²) in [7, 11) is -9.92. The quantitative estimate of drug-likeness (QED) is 0.0222. The van der Waals surface area contributed by atoms with Crippen LogP contribution in [0.5, 0.6) is 0 Å². The molecule has 0 aliphatic carbocycles. The number of unbranched alkanes of at least 4 members (excludes halogenated alkanes) is 50. The minimum absolute atomic E-state index is 0.108. The molecule has 0 saturated heterocycles. The van der Waals surface area contributed by atoms with Crippen LogP contribution in [0, 0.1) is 11.8 Å². The maximum atomic E-state index is 13.1. The molecule has 0 heterocycles. The minimum atomic E-state index is -4.96. The van der Waals surface area contributed by atoms with Crippen LogP contribution in [0.2, 0.25) is 0 Å². The highest BCUT2D eigenvalue weighted by molar-refractivity contribution is 7.47. The molecule has 0 fully saturated rings. The van der Waals surface area contributed by atoms with Crippen molar-refractivity contribution in [3.8, 4) is 0 Å². The van der Waals surface area contributed by atoms with Crippen molar-refractivity contribution in [1.82, 2.24) is 0 Å². The molecule has 101 heavy (non-hydrogen) atoms. The van der Waals surface area contributed by atoms with E-state index in [9.17, 15) is 43.2 Å². The molecule has 0 saturated carbocycles. The Labute approximate surface area is 619 Å². The number of hydrogen-bond acceptors (Lipinski definition) is 15. The van der Waals surface area contributed by atoms with Gasteiger partial charge in [0.2, 0.25) is 0 Å². The first-order chi connectivity index (χ1) is 48.9. The van der Waals surface area contributed by atoms with Crippen LogP contribution in [0.15, 0.2) is 0 Å². The molecule has 0 aliphatic rings. The van der Waals surface area contributed by atoms with Crippen LogP contribution in [0.3, 0.4) is 0 Å². The molecule has 0 aromatic heterocycles. The number of aliphatic hydroxyl groups excluding tert-OH is 1. The molecule has 3 N–H and O–H groups in total. The van der Waals surface area contributed by atoms with E-state index in [0.29, 0.717) is 25.7 Å². The van der Waals surface area contributed by atoms with E-state index in [-0.39, 0.29) is 25.7 Å². The van der Waals surface area contributed by atoms with Gasteiger partial charge in [0.1, 0.15) is 19.3 Å². The van der Waals surface area contributed by atoms with E-state index < -0.39 is 97.5 Å². The number of ether oxygens (including phenoxy) is 4. The van der Waals surface area contributed by atoms with Crippen molar-refractivity contribution in [2.75, 3.05) is 39.6 Å². The van der Waals surface area contributed by atoms with Crippen LogP contribution in [0.25, 0.3) is 0 Å². The predicted molar refractivity (Wildman–Crippen MR) is 414 cm³/mol. The Bertz CT molecular complexity index is 1940. The van der Waals surface area contributed by atoms with Crippen LogP contribution in [-0.2, 0) is 65.4 Å². The third kappa shape index (κ3) is 74.7. The topological polar surface area (TPSA) is 237 Å². The van der Waals surface area contributed by atoms with Crippen LogP contribution in [0.1, 0.15) is 433 Å². The summed E-state index contributed by atoms with van der Waals surface area (Å²) in [6.45, 7) is 9.71. The van der Waals surface area contributed by atoms with Crippen LogP contribution < -0.4 is 0 Å². The lowest BCUT2D eigenvalue weighted by Crippen LogP contribution is -2.30. The molecule has 0 aromatic carbocycles. The fourth-order valence-electron chi connectivity index (χ4n) is 12.7.